The average Bonchev–Trinajstić information content (AvgIpc) is 2.94. The summed E-state index contributed by atoms with van der Waals surface area (Å²) in [5.41, 5.74) is -0.764. The fourth-order valence-electron chi connectivity index (χ4n) is 3.08. The van der Waals surface area contributed by atoms with Crippen LogP contribution in [0, 0.1) is 0 Å². The summed E-state index contributed by atoms with van der Waals surface area (Å²) in [6, 6.07) is 7.86. The van der Waals surface area contributed by atoms with E-state index in [2.05, 4.69) is 5.32 Å². The first-order chi connectivity index (χ1) is 11.3. The predicted molar refractivity (Wildman–Crippen MR) is 87.9 cm³/mol. The van der Waals surface area contributed by atoms with Crippen molar-refractivity contribution in [3.63, 3.8) is 0 Å². The van der Waals surface area contributed by atoms with E-state index in [9.17, 15) is 18.0 Å². The summed E-state index contributed by atoms with van der Waals surface area (Å²) in [5, 5.41) is 11.8. The number of rotatable bonds is 7. The van der Waals surface area contributed by atoms with Crippen LogP contribution in [0.25, 0.3) is 0 Å². The van der Waals surface area contributed by atoms with E-state index in [1.165, 1.54) is 19.2 Å². The SMILES string of the molecule is CN(CC(=O)NC1(CC(=O)O)CCCC1)S(=O)(=O)c1ccccc1. The largest absolute Gasteiger partial charge is 0.481 e. The molecule has 1 aromatic carbocycles. The highest BCUT2D eigenvalue weighted by molar-refractivity contribution is 7.89. The van der Waals surface area contributed by atoms with Gasteiger partial charge in [0.1, 0.15) is 0 Å². The van der Waals surface area contributed by atoms with Gasteiger partial charge in [-0.15, -0.1) is 0 Å². The molecule has 0 atom stereocenters. The number of hydrogen-bond acceptors (Lipinski definition) is 4. The molecule has 8 heteroatoms. The van der Waals surface area contributed by atoms with Crippen molar-refractivity contribution in [2.75, 3.05) is 13.6 Å². The van der Waals surface area contributed by atoms with Crippen LogP contribution in [-0.4, -0.2) is 48.8 Å². The molecule has 1 aliphatic rings. The number of hydrogen-bond donors (Lipinski definition) is 2. The Morgan fingerprint density at radius 3 is 2.33 bits per heavy atom. The number of nitrogens with one attached hydrogen (secondary N) is 1. The number of carboxylic acids is 1. The monoisotopic (exact) mass is 354 g/mol. The molecular formula is C16H22N2O5S. The van der Waals surface area contributed by atoms with E-state index in [0.29, 0.717) is 12.8 Å². The van der Waals surface area contributed by atoms with E-state index in [1.54, 1.807) is 18.2 Å². The van der Waals surface area contributed by atoms with Gasteiger partial charge in [-0.05, 0) is 25.0 Å². The van der Waals surface area contributed by atoms with Gasteiger partial charge in [0.05, 0.1) is 23.4 Å². The number of nitrogens with zero attached hydrogens (tertiary/aromatic N) is 1. The zero-order valence-corrected chi connectivity index (χ0v) is 14.4. The summed E-state index contributed by atoms with van der Waals surface area (Å²) < 4.78 is 25.8. The van der Waals surface area contributed by atoms with E-state index in [4.69, 9.17) is 5.11 Å². The molecule has 0 heterocycles. The molecule has 0 spiro atoms. The number of benzene rings is 1. The molecule has 7 nitrogen and oxygen atoms in total. The average molecular weight is 354 g/mol. The molecule has 1 aromatic rings. The summed E-state index contributed by atoms with van der Waals surface area (Å²) in [4.78, 5) is 23.4. The van der Waals surface area contributed by atoms with Crippen molar-refractivity contribution in [1.82, 2.24) is 9.62 Å². The number of sulfonamides is 1. The Morgan fingerprint density at radius 2 is 1.79 bits per heavy atom. The molecule has 24 heavy (non-hydrogen) atoms. The van der Waals surface area contributed by atoms with Crippen LogP contribution < -0.4 is 5.32 Å². The van der Waals surface area contributed by atoms with Crippen molar-refractivity contribution in [3.8, 4) is 0 Å². The van der Waals surface area contributed by atoms with Crippen molar-refractivity contribution in [2.24, 2.45) is 0 Å². The van der Waals surface area contributed by atoms with Crippen molar-refractivity contribution < 1.29 is 23.1 Å². The molecule has 0 aliphatic heterocycles. The van der Waals surface area contributed by atoms with E-state index in [1.807, 2.05) is 0 Å². The lowest BCUT2D eigenvalue weighted by atomic mass is 9.93. The molecule has 1 saturated carbocycles. The lowest BCUT2D eigenvalue weighted by molar-refractivity contribution is -0.139. The molecule has 0 saturated heterocycles. The maximum atomic E-state index is 12.4. The summed E-state index contributed by atoms with van der Waals surface area (Å²) in [7, 11) is -2.42. The van der Waals surface area contributed by atoms with Crippen molar-refractivity contribution in [3.05, 3.63) is 30.3 Å². The van der Waals surface area contributed by atoms with E-state index < -0.39 is 27.4 Å². The second-order valence-electron chi connectivity index (χ2n) is 6.18. The van der Waals surface area contributed by atoms with Gasteiger partial charge in [-0.2, -0.15) is 4.31 Å². The smallest absolute Gasteiger partial charge is 0.305 e. The van der Waals surface area contributed by atoms with Gasteiger partial charge >= 0.3 is 5.97 Å². The van der Waals surface area contributed by atoms with Crippen LogP contribution in [0.5, 0.6) is 0 Å². The summed E-state index contributed by atoms with van der Waals surface area (Å²) in [6.45, 7) is -0.349. The highest BCUT2D eigenvalue weighted by atomic mass is 32.2. The molecule has 132 valence electrons. The van der Waals surface area contributed by atoms with Crippen molar-refractivity contribution in [2.45, 2.75) is 42.5 Å². The first-order valence-corrected chi connectivity index (χ1v) is 9.23. The predicted octanol–water partition coefficient (Wildman–Crippen LogP) is 1.21. The first kappa shape index (κ1) is 18.4. The van der Waals surface area contributed by atoms with Gasteiger partial charge in [0.25, 0.3) is 0 Å². The van der Waals surface area contributed by atoms with Crippen molar-refractivity contribution in [1.29, 1.82) is 0 Å². The molecular weight excluding hydrogens is 332 g/mol. The quantitative estimate of drug-likeness (QED) is 0.766. The first-order valence-electron chi connectivity index (χ1n) is 7.79. The van der Waals surface area contributed by atoms with Crippen LogP contribution in [0.2, 0.25) is 0 Å². The molecule has 2 N–H and O–H groups in total. The summed E-state index contributed by atoms with van der Waals surface area (Å²) >= 11 is 0. The third kappa shape index (κ3) is 4.33. The number of carbonyl (C=O) groups excluding carboxylic acids is 1. The zero-order valence-electron chi connectivity index (χ0n) is 13.6. The number of amides is 1. The maximum absolute atomic E-state index is 12.4. The minimum Gasteiger partial charge on any atom is -0.481 e. The molecule has 0 aromatic heterocycles. The van der Waals surface area contributed by atoms with Crippen LogP contribution in [0.15, 0.2) is 35.2 Å². The van der Waals surface area contributed by atoms with Crippen LogP contribution in [0.4, 0.5) is 0 Å². The zero-order chi connectivity index (χ0) is 17.8. The minimum atomic E-state index is -3.75. The van der Waals surface area contributed by atoms with Crippen LogP contribution >= 0.6 is 0 Å². The molecule has 1 fully saturated rings. The summed E-state index contributed by atoms with van der Waals surface area (Å²) in [6.07, 6.45) is 2.76. The second-order valence-corrected chi connectivity index (χ2v) is 8.23. The fraction of sp³-hybridized carbons (Fsp3) is 0.500. The second kappa shape index (κ2) is 7.31. The molecule has 0 bridgehead atoms. The number of carbonyl (C=O) groups is 2. The molecule has 0 unspecified atom stereocenters. The Kier molecular flexibility index (Phi) is 5.61. The van der Waals surface area contributed by atoms with Crippen LogP contribution in [0.1, 0.15) is 32.1 Å². The lowest BCUT2D eigenvalue weighted by Gasteiger charge is -2.29. The lowest BCUT2D eigenvalue weighted by Crippen LogP contribution is -2.51. The minimum absolute atomic E-state index is 0.112. The summed E-state index contributed by atoms with van der Waals surface area (Å²) in [5.74, 6) is -1.46. The van der Waals surface area contributed by atoms with Gasteiger partial charge in [0.15, 0.2) is 0 Å². The van der Waals surface area contributed by atoms with E-state index >= 15 is 0 Å². The normalized spacial score (nSPS) is 16.9. The van der Waals surface area contributed by atoms with Gasteiger partial charge < -0.3 is 10.4 Å². The van der Waals surface area contributed by atoms with Crippen LogP contribution in [-0.2, 0) is 19.6 Å². The van der Waals surface area contributed by atoms with E-state index in [0.717, 1.165) is 17.1 Å². The highest BCUT2D eigenvalue weighted by Crippen LogP contribution is 2.32. The van der Waals surface area contributed by atoms with Gasteiger partial charge in [0, 0.05) is 7.05 Å². The third-order valence-electron chi connectivity index (χ3n) is 4.27. The molecule has 1 amide bonds. The fourth-order valence-corrected chi connectivity index (χ4v) is 4.23. The Balaban J connectivity index is 2.04. The Hall–Kier alpha value is -1.93. The number of likely N-dealkylation sites (N-methyl/N-ethyl adjacent to an activating group) is 1. The third-order valence-corrected chi connectivity index (χ3v) is 6.09. The van der Waals surface area contributed by atoms with Gasteiger partial charge in [0.2, 0.25) is 15.9 Å². The van der Waals surface area contributed by atoms with Crippen LogP contribution in [0.3, 0.4) is 0 Å². The standard InChI is InChI=1S/C16H22N2O5S/c1-18(24(22,23)13-7-3-2-4-8-13)12-14(19)17-16(11-15(20)21)9-5-6-10-16/h2-4,7-8H,5-6,9-12H2,1H3,(H,17,19)(H,20,21). The molecule has 1 aliphatic carbocycles. The van der Waals surface area contributed by atoms with Gasteiger partial charge in [-0.3, -0.25) is 9.59 Å². The van der Waals surface area contributed by atoms with Gasteiger partial charge in [-0.1, -0.05) is 31.0 Å². The highest BCUT2D eigenvalue weighted by Gasteiger charge is 2.38. The Labute approximate surface area is 141 Å². The number of carboxylic acid groups (broad SMARTS) is 1. The molecule has 2 rings (SSSR count). The van der Waals surface area contributed by atoms with Gasteiger partial charge in [-0.25, -0.2) is 8.42 Å². The Bertz CT molecular complexity index is 696. The van der Waals surface area contributed by atoms with E-state index in [-0.39, 0.29) is 17.9 Å². The van der Waals surface area contributed by atoms with Crippen molar-refractivity contribution >= 4 is 21.9 Å². The number of aliphatic carboxylic acids is 1. The topological polar surface area (TPSA) is 104 Å². The molecule has 0 radical (unpaired) electrons. The maximum Gasteiger partial charge on any atom is 0.305 e. The Morgan fingerprint density at radius 1 is 1.21 bits per heavy atom.